The molecule has 2 fully saturated rings. The standard InChI is InChI=1S/C29H37N7O/c1-7-26(20-30)32-24(6)34-15-17-36(18-16-34)29(37)27-19-25(10-9-23(27)5)21-33-11-13-35(14-12-33)28(22(3)4)31-8-2/h7-10,19H,1-3,6,11-18,21H2,4-5H3. The molecule has 0 aromatic heterocycles. The summed E-state index contributed by atoms with van der Waals surface area (Å²) in [6.45, 7) is 26.0. The van der Waals surface area contributed by atoms with Crippen LogP contribution in [0.15, 0.2) is 78.2 Å². The molecule has 3 rings (SSSR count). The zero-order chi connectivity index (χ0) is 26.9. The Hall–Kier alpha value is -3.96. The smallest absolute Gasteiger partial charge is 0.254 e. The number of hydrogen-bond acceptors (Lipinski definition) is 6. The molecular formula is C29H37N7O. The second-order valence-electron chi connectivity index (χ2n) is 9.34. The zero-order valence-corrected chi connectivity index (χ0v) is 22.1. The van der Waals surface area contributed by atoms with E-state index in [-0.39, 0.29) is 11.6 Å². The van der Waals surface area contributed by atoms with Gasteiger partial charge in [-0.3, -0.25) is 9.69 Å². The van der Waals surface area contributed by atoms with E-state index in [0.717, 1.165) is 60.8 Å². The van der Waals surface area contributed by atoms with Crippen molar-refractivity contribution in [2.24, 2.45) is 9.98 Å². The molecule has 1 aromatic carbocycles. The number of amides is 1. The summed E-state index contributed by atoms with van der Waals surface area (Å²) in [7, 11) is 0. The molecule has 0 aliphatic carbocycles. The van der Waals surface area contributed by atoms with Crippen molar-refractivity contribution in [3.8, 4) is 6.07 Å². The molecule has 1 amide bonds. The summed E-state index contributed by atoms with van der Waals surface area (Å²) in [5, 5.41) is 9.06. The van der Waals surface area contributed by atoms with Gasteiger partial charge in [-0.05, 0) is 42.7 Å². The maximum Gasteiger partial charge on any atom is 0.254 e. The van der Waals surface area contributed by atoms with Crippen LogP contribution < -0.4 is 0 Å². The number of aliphatic imine (C=N–C) groups is 2. The summed E-state index contributed by atoms with van der Waals surface area (Å²) in [5.74, 6) is 1.47. The average molecular weight is 500 g/mol. The Labute approximate surface area is 220 Å². The normalized spacial score (nSPS) is 17.3. The summed E-state index contributed by atoms with van der Waals surface area (Å²) in [6, 6.07) is 8.19. The Balaban J connectivity index is 1.59. The molecule has 2 aliphatic rings. The second kappa shape index (κ2) is 12.8. The SMILES string of the molecule is C=CN=C(C(=C)C)N1CCN(Cc2ccc(C)c(C(=O)N3CCN(C(=C)N=C(C#N)C=C)CC3)c2)CC1. The lowest BCUT2D eigenvalue weighted by Gasteiger charge is -2.37. The van der Waals surface area contributed by atoms with Crippen LogP contribution >= 0.6 is 0 Å². The number of rotatable bonds is 8. The quantitative estimate of drug-likeness (QED) is 0.403. The van der Waals surface area contributed by atoms with Gasteiger partial charge < -0.3 is 14.7 Å². The molecule has 194 valence electrons. The summed E-state index contributed by atoms with van der Waals surface area (Å²) >= 11 is 0. The number of carbonyl (C=O) groups is 1. The molecule has 0 saturated carbocycles. The molecule has 0 N–H and O–H groups in total. The zero-order valence-electron chi connectivity index (χ0n) is 22.1. The molecule has 1 aromatic rings. The fraction of sp³-hybridized carbons (Fsp3) is 0.379. The Morgan fingerprint density at radius 2 is 1.65 bits per heavy atom. The molecule has 0 atom stereocenters. The molecule has 0 spiro atoms. The van der Waals surface area contributed by atoms with E-state index in [1.165, 1.54) is 6.08 Å². The van der Waals surface area contributed by atoms with Crippen molar-refractivity contribution < 1.29 is 4.79 Å². The molecule has 0 bridgehead atoms. The summed E-state index contributed by atoms with van der Waals surface area (Å²) in [4.78, 5) is 30.6. The summed E-state index contributed by atoms with van der Waals surface area (Å²) in [5.41, 5.74) is 4.04. The minimum absolute atomic E-state index is 0.0495. The van der Waals surface area contributed by atoms with Crippen LogP contribution in [0.5, 0.6) is 0 Å². The number of allylic oxidation sites excluding steroid dienone is 1. The highest BCUT2D eigenvalue weighted by molar-refractivity contribution is 6.07. The largest absolute Gasteiger partial charge is 0.354 e. The number of nitrogens with zero attached hydrogens (tertiary/aromatic N) is 7. The monoisotopic (exact) mass is 499 g/mol. The average Bonchev–Trinajstić information content (AvgIpc) is 2.91. The maximum absolute atomic E-state index is 13.4. The van der Waals surface area contributed by atoms with Crippen molar-refractivity contribution in [2.75, 3.05) is 52.4 Å². The van der Waals surface area contributed by atoms with E-state index in [9.17, 15) is 4.79 Å². The lowest BCUT2D eigenvalue weighted by molar-refractivity contribution is 0.0668. The van der Waals surface area contributed by atoms with Gasteiger partial charge in [-0.25, -0.2) is 9.98 Å². The van der Waals surface area contributed by atoms with E-state index in [2.05, 4.69) is 52.2 Å². The summed E-state index contributed by atoms with van der Waals surface area (Å²) < 4.78 is 0. The lowest BCUT2D eigenvalue weighted by Crippen LogP contribution is -2.48. The second-order valence-corrected chi connectivity index (χ2v) is 9.34. The van der Waals surface area contributed by atoms with Crippen molar-refractivity contribution in [2.45, 2.75) is 20.4 Å². The Kier molecular flexibility index (Phi) is 9.58. The molecule has 8 nitrogen and oxygen atoms in total. The first-order valence-electron chi connectivity index (χ1n) is 12.5. The molecule has 0 radical (unpaired) electrons. The van der Waals surface area contributed by atoms with Crippen LogP contribution in [0.4, 0.5) is 0 Å². The number of piperazine rings is 2. The third-order valence-electron chi connectivity index (χ3n) is 6.70. The minimum Gasteiger partial charge on any atom is -0.354 e. The molecule has 8 heteroatoms. The number of benzene rings is 1. The number of hydrogen-bond donors (Lipinski definition) is 0. The number of aryl methyl sites for hydroxylation is 1. The summed E-state index contributed by atoms with van der Waals surface area (Å²) in [6.07, 6.45) is 2.98. The Morgan fingerprint density at radius 1 is 1.03 bits per heavy atom. The van der Waals surface area contributed by atoms with Crippen LogP contribution in [0.3, 0.4) is 0 Å². The van der Waals surface area contributed by atoms with Crippen LogP contribution in [-0.2, 0) is 6.54 Å². The van der Waals surface area contributed by atoms with Gasteiger partial charge >= 0.3 is 0 Å². The van der Waals surface area contributed by atoms with Crippen LogP contribution in [-0.4, -0.2) is 89.4 Å². The van der Waals surface area contributed by atoms with Gasteiger partial charge in [0.1, 0.15) is 23.4 Å². The highest BCUT2D eigenvalue weighted by Crippen LogP contribution is 2.19. The fourth-order valence-corrected chi connectivity index (χ4v) is 4.59. The third kappa shape index (κ3) is 7.05. The van der Waals surface area contributed by atoms with E-state index in [0.29, 0.717) is 32.0 Å². The van der Waals surface area contributed by atoms with Gasteiger partial charge in [-0.2, -0.15) is 5.26 Å². The first-order chi connectivity index (χ1) is 17.8. The van der Waals surface area contributed by atoms with Crippen LogP contribution in [0.2, 0.25) is 0 Å². The van der Waals surface area contributed by atoms with Crippen LogP contribution in [0.25, 0.3) is 0 Å². The highest BCUT2D eigenvalue weighted by Gasteiger charge is 2.25. The Morgan fingerprint density at radius 3 is 2.22 bits per heavy atom. The number of carbonyl (C=O) groups excluding carboxylic acids is 1. The van der Waals surface area contributed by atoms with E-state index < -0.39 is 0 Å². The van der Waals surface area contributed by atoms with Gasteiger partial charge in [0.15, 0.2) is 0 Å². The Bertz CT molecular complexity index is 1160. The van der Waals surface area contributed by atoms with Crippen molar-refractivity contribution >= 4 is 17.5 Å². The van der Waals surface area contributed by atoms with Crippen molar-refractivity contribution in [1.29, 1.82) is 5.26 Å². The van der Waals surface area contributed by atoms with E-state index in [1.807, 2.05) is 41.8 Å². The highest BCUT2D eigenvalue weighted by atomic mass is 16.2. The topological polar surface area (TPSA) is 78.5 Å². The molecule has 2 saturated heterocycles. The lowest BCUT2D eigenvalue weighted by atomic mass is 10.0. The number of amidine groups is 1. The van der Waals surface area contributed by atoms with Gasteiger partial charge in [-0.15, -0.1) is 0 Å². The van der Waals surface area contributed by atoms with Gasteiger partial charge in [0.2, 0.25) is 0 Å². The molecule has 2 aliphatic heterocycles. The minimum atomic E-state index is 0.0495. The van der Waals surface area contributed by atoms with Gasteiger partial charge in [0.25, 0.3) is 5.91 Å². The van der Waals surface area contributed by atoms with Crippen molar-refractivity contribution in [3.05, 3.63) is 84.9 Å². The van der Waals surface area contributed by atoms with Gasteiger partial charge in [-0.1, -0.05) is 38.4 Å². The van der Waals surface area contributed by atoms with Crippen LogP contribution in [0, 0.1) is 18.3 Å². The predicted molar refractivity (Wildman–Crippen MR) is 150 cm³/mol. The van der Waals surface area contributed by atoms with E-state index in [4.69, 9.17) is 5.26 Å². The molecular weight excluding hydrogens is 462 g/mol. The first kappa shape index (κ1) is 27.6. The third-order valence-corrected chi connectivity index (χ3v) is 6.70. The maximum atomic E-state index is 13.4. The molecule has 0 unspecified atom stereocenters. The predicted octanol–water partition coefficient (Wildman–Crippen LogP) is 3.61. The molecule has 2 heterocycles. The number of nitriles is 1. The van der Waals surface area contributed by atoms with Gasteiger partial charge in [0, 0.05) is 70.7 Å². The van der Waals surface area contributed by atoms with E-state index >= 15 is 0 Å². The van der Waals surface area contributed by atoms with Crippen LogP contribution in [0.1, 0.15) is 28.4 Å². The van der Waals surface area contributed by atoms with Crippen molar-refractivity contribution in [3.63, 3.8) is 0 Å². The first-order valence-corrected chi connectivity index (χ1v) is 12.5. The fourth-order valence-electron chi connectivity index (χ4n) is 4.59. The van der Waals surface area contributed by atoms with E-state index in [1.54, 1.807) is 6.20 Å². The van der Waals surface area contributed by atoms with Gasteiger partial charge in [0.05, 0.1) is 0 Å². The van der Waals surface area contributed by atoms with Crippen molar-refractivity contribution in [1.82, 2.24) is 19.6 Å². The molecule has 37 heavy (non-hydrogen) atoms.